The van der Waals surface area contributed by atoms with Gasteiger partial charge in [-0.25, -0.2) is 14.4 Å². The smallest absolute Gasteiger partial charge is 0.221 e. The summed E-state index contributed by atoms with van der Waals surface area (Å²) in [6.07, 6.45) is 1.61. The fourth-order valence-electron chi connectivity index (χ4n) is 2.43. The van der Waals surface area contributed by atoms with E-state index in [-0.39, 0.29) is 11.8 Å². The normalized spacial score (nSPS) is 10.8. The molecule has 2 heterocycles. The number of benzene rings is 2. The number of para-hydroxylation sites is 1. The van der Waals surface area contributed by atoms with Crippen molar-refractivity contribution in [3.63, 3.8) is 0 Å². The second-order valence-corrected chi connectivity index (χ2v) is 5.36. The van der Waals surface area contributed by atoms with Crippen LogP contribution in [-0.2, 0) is 0 Å². The Morgan fingerprint density at radius 3 is 2.32 bits per heavy atom. The summed E-state index contributed by atoms with van der Waals surface area (Å²) in [7, 11) is 0. The van der Waals surface area contributed by atoms with Crippen molar-refractivity contribution in [3.05, 3.63) is 72.7 Å². The average Bonchev–Trinajstić information content (AvgIpc) is 3.13. The van der Waals surface area contributed by atoms with E-state index < -0.39 is 0 Å². The highest BCUT2D eigenvalue weighted by molar-refractivity contribution is 5.67. The lowest BCUT2D eigenvalue weighted by atomic mass is 10.1. The Labute approximate surface area is 142 Å². The van der Waals surface area contributed by atoms with E-state index in [9.17, 15) is 4.39 Å². The van der Waals surface area contributed by atoms with Crippen LogP contribution in [0.3, 0.4) is 0 Å². The lowest BCUT2D eigenvalue weighted by Crippen LogP contribution is -2.00. The maximum Gasteiger partial charge on any atom is 0.221 e. The van der Waals surface area contributed by atoms with E-state index in [4.69, 9.17) is 5.73 Å². The third-order valence-electron chi connectivity index (χ3n) is 3.62. The molecular weight excluding hydrogens is 319 g/mol. The summed E-state index contributed by atoms with van der Waals surface area (Å²) in [6, 6.07) is 17.3. The van der Waals surface area contributed by atoms with Gasteiger partial charge in [-0.2, -0.15) is 9.90 Å². The Morgan fingerprint density at radius 2 is 1.56 bits per heavy atom. The van der Waals surface area contributed by atoms with Crippen LogP contribution in [0.25, 0.3) is 28.3 Å². The number of hydrogen-bond donors (Lipinski definition) is 1. The quantitative estimate of drug-likeness (QED) is 0.623. The maximum absolute atomic E-state index is 13.1. The van der Waals surface area contributed by atoms with Gasteiger partial charge < -0.3 is 5.73 Å². The molecule has 7 heteroatoms. The average molecular weight is 332 g/mol. The molecule has 0 radical (unpaired) electrons. The summed E-state index contributed by atoms with van der Waals surface area (Å²) in [5.41, 5.74) is 9.13. The summed E-state index contributed by atoms with van der Waals surface area (Å²) in [6.45, 7) is 0. The molecule has 0 unspecified atom stereocenters. The number of anilines is 1. The van der Waals surface area contributed by atoms with Gasteiger partial charge in [-0.15, -0.1) is 5.10 Å². The highest BCUT2D eigenvalue weighted by atomic mass is 19.1. The van der Waals surface area contributed by atoms with Gasteiger partial charge in [0.1, 0.15) is 11.5 Å². The van der Waals surface area contributed by atoms with Crippen LogP contribution < -0.4 is 5.73 Å². The minimum atomic E-state index is -0.309. The van der Waals surface area contributed by atoms with Crippen LogP contribution in [-0.4, -0.2) is 25.0 Å². The van der Waals surface area contributed by atoms with Crippen LogP contribution in [0.4, 0.5) is 10.3 Å². The second-order valence-electron chi connectivity index (χ2n) is 5.36. The van der Waals surface area contributed by atoms with Crippen molar-refractivity contribution in [2.24, 2.45) is 0 Å². The van der Waals surface area contributed by atoms with Gasteiger partial charge >= 0.3 is 0 Å². The van der Waals surface area contributed by atoms with Crippen LogP contribution in [0.1, 0.15) is 0 Å². The van der Waals surface area contributed by atoms with Crippen LogP contribution in [0, 0.1) is 5.82 Å². The van der Waals surface area contributed by atoms with E-state index in [1.54, 1.807) is 24.4 Å². The van der Waals surface area contributed by atoms with Gasteiger partial charge in [0.05, 0.1) is 23.3 Å². The Bertz CT molecular complexity index is 1010. The summed E-state index contributed by atoms with van der Waals surface area (Å²) >= 11 is 0. The molecular formula is C18H13FN6. The molecule has 0 spiro atoms. The molecule has 0 saturated heterocycles. The molecule has 4 rings (SSSR count). The Balaban J connectivity index is 1.74. The molecule has 0 aliphatic carbocycles. The molecule has 0 atom stereocenters. The van der Waals surface area contributed by atoms with E-state index in [0.717, 1.165) is 11.3 Å². The Kier molecular flexibility index (Phi) is 3.66. The number of rotatable bonds is 3. The SMILES string of the molecule is Nc1nc(-c2ccc(F)cc2)cc(-c2cnn(-c3ccccc3)n2)n1. The van der Waals surface area contributed by atoms with E-state index in [0.29, 0.717) is 17.1 Å². The molecule has 2 N–H and O–H groups in total. The minimum Gasteiger partial charge on any atom is -0.368 e. The fourth-order valence-corrected chi connectivity index (χ4v) is 2.43. The van der Waals surface area contributed by atoms with Crippen LogP contribution in [0.15, 0.2) is 66.9 Å². The van der Waals surface area contributed by atoms with Crippen molar-refractivity contribution in [3.8, 4) is 28.3 Å². The van der Waals surface area contributed by atoms with Crippen LogP contribution >= 0.6 is 0 Å². The summed E-state index contributed by atoms with van der Waals surface area (Å²) in [5.74, 6) is -0.192. The van der Waals surface area contributed by atoms with Crippen molar-refractivity contribution in [1.82, 2.24) is 25.0 Å². The van der Waals surface area contributed by atoms with Crippen molar-refractivity contribution in [2.75, 3.05) is 5.73 Å². The molecule has 2 aromatic heterocycles. The highest BCUT2D eigenvalue weighted by Gasteiger charge is 2.11. The van der Waals surface area contributed by atoms with Crippen molar-refractivity contribution in [1.29, 1.82) is 0 Å². The molecule has 122 valence electrons. The van der Waals surface area contributed by atoms with E-state index in [1.165, 1.54) is 16.9 Å². The third-order valence-corrected chi connectivity index (χ3v) is 3.62. The highest BCUT2D eigenvalue weighted by Crippen LogP contribution is 2.23. The summed E-state index contributed by atoms with van der Waals surface area (Å²) in [4.78, 5) is 9.96. The van der Waals surface area contributed by atoms with Crippen molar-refractivity contribution < 1.29 is 4.39 Å². The predicted molar refractivity (Wildman–Crippen MR) is 92.2 cm³/mol. The van der Waals surface area contributed by atoms with Crippen molar-refractivity contribution >= 4 is 5.95 Å². The standard InChI is InChI=1S/C18H13FN6/c19-13-8-6-12(7-9-13)15-10-16(23-18(20)22-15)17-11-21-25(24-17)14-4-2-1-3-5-14/h1-11H,(H2,20,22,23). The first kappa shape index (κ1) is 14.9. The molecule has 0 aliphatic heterocycles. The second kappa shape index (κ2) is 6.12. The molecule has 0 amide bonds. The van der Waals surface area contributed by atoms with Crippen molar-refractivity contribution in [2.45, 2.75) is 0 Å². The first-order valence-corrected chi connectivity index (χ1v) is 7.58. The molecule has 0 aliphatic rings. The number of hydrogen-bond acceptors (Lipinski definition) is 5. The van der Waals surface area contributed by atoms with Gasteiger partial charge in [-0.05, 0) is 42.5 Å². The number of nitrogens with two attached hydrogens (primary N) is 1. The number of aromatic nitrogens is 5. The molecule has 6 nitrogen and oxygen atoms in total. The zero-order valence-electron chi connectivity index (χ0n) is 13.0. The van der Waals surface area contributed by atoms with Gasteiger partial charge in [-0.1, -0.05) is 18.2 Å². The van der Waals surface area contributed by atoms with Gasteiger partial charge in [0.2, 0.25) is 5.95 Å². The third kappa shape index (κ3) is 3.07. The van der Waals surface area contributed by atoms with Gasteiger partial charge in [0.25, 0.3) is 0 Å². The molecule has 25 heavy (non-hydrogen) atoms. The zero-order chi connectivity index (χ0) is 17.2. The fraction of sp³-hybridized carbons (Fsp3) is 0. The largest absolute Gasteiger partial charge is 0.368 e. The van der Waals surface area contributed by atoms with Gasteiger partial charge in [-0.3, -0.25) is 0 Å². The Hall–Kier alpha value is -3.61. The maximum atomic E-state index is 13.1. The number of halogens is 1. The minimum absolute atomic E-state index is 0.117. The first-order chi connectivity index (χ1) is 12.2. The zero-order valence-corrected chi connectivity index (χ0v) is 13.0. The number of nitrogen functional groups attached to an aromatic ring is 1. The van der Waals surface area contributed by atoms with Gasteiger partial charge in [0, 0.05) is 5.56 Å². The predicted octanol–water partition coefficient (Wildman–Crippen LogP) is 3.11. The van der Waals surface area contributed by atoms with E-state index in [2.05, 4.69) is 20.2 Å². The van der Waals surface area contributed by atoms with E-state index >= 15 is 0 Å². The lowest BCUT2D eigenvalue weighted by molar-refractivity contribution is 0.628. The number of nitrogens with zero attached hydrogens (tertiary/aromatic N) is 5. The molecule has 2 aromatic carbocycles. The monoisotopic (exact) mass is 332 g/mol. The molecule has 0 saturated carbocycles. The lowest BCUT2D eigenvalue weighted by Gasteiger charge is -2.04. The van der Waals surface area contributed by atoms with Crippen LogP contribution in [0.2, 0.25) is 0 Å². The topological polar surface area (TPSA) is 82.5 Å². The van der Waals surface area contributed by atoms with Gasteiger partial charge in [0.15, 0.2) is 0 Å². The molecule has 0 fully saturated rings. The van der Waals surface area contributed by atoms with Crippen LogP contribution in [0.5, 0.6) is 0 Å². The molecule has 4 aromatic rings. The summed E-state index contributed by atoms with van der Waals surface area (Å²) in [5, 5.41) is 8.70. The molecule has 0 bridgehead atoms. The summed E-state index contributed by atoms with van der Waals surface area (Å²) < 4.78 is 13.1. The Morgan fingerprint density at radius 1 is 0.840 bits per heavy atom. The van der Waals surface area contributed by atoms with E-state index in [1.807, 2.05) is 30.3 Å². The first-order valence-electron chi connectivity index (χ1n) is 7.58.